The Labute approximate surface area is 212 Å². The van der Waals surface area contributed by atoms with E-state index in [9.17, 15) is 24.5 Å². The minimum Gasteiger partial charge on any atom is -0.445 e. The van der Waals surface area contributed by atoms with E-state index >= 15 is 0 Å². The zero-order chi connectivity index (χ0) is 26.4. The summed E-state index contributed by atoms with van der Waals surface area (Å²) in [6.45, 7) is 1.93. The lowest BCUT2D eigenvalue weighted by atomic mass is 9.99. The van der Waals surface area contributed by atoms with E-state index in [1.54, 1.807) is 54.6 Å². The number of ether oxygens (including phenoxy) is 1. The van der Waals surface area contributed by atoms with Crippen molar-refractivity contribution in [2.75, 3.05) is 5.32 Å². The molecule has 0 saturated carbocycles. The van der Waals surface area contributed by atoms with Crippen molar-refractivity contribution in [3.8, 4) is 0 Å². The number of hydrogen-bond acceptors (Lipinski definition) is 6. The molecule has 8 heteroatoms. The Kier molecular flexibility index (Phi) is 7.49. The van der Waals surface area contributed by atoms with E-state index in [1.807, 2.05) is 19.1 Å². The van der Waals surface area contributed by atoms with E-state index in [4.69, 9.17) is 4.74 Å². The minimum absolute atomic E-state index is 0.149. The maximum Gasteiger partial charge on any atom is 0.339 e. The fourth-order valence-electron chi connectivity index (χ4n) is 3.57. The number of nitrogens with zero attached hydrogens (tertiary/aromatic N) is 1. The van der Waals surface area contributed by atoms with Crippen molar-refractivity contribution in [2.45, 2.75) is 13.0 Å². The Balaban J connectivity index is 1.52. The molecule has 4 rings (SSSR count). The van der Waals surface area contributed by atoms with Crippen molar-refractivity contribution in [3.05, 3.63) is 141 Å². The zero-order valence-corrected chi connectivity index (χ0v) is 19.8. The molecule has 1 atom stereocenters. The average Bonchev–Trinajstić information content (AvgIpc) is 2.92. The normalized spacial score (nSPS) is 11.3. The van der Waals surface area contributed by atoms with Crippen LogP contribution in [0.2, 0.25) is 0 Å². The summed E-state index contributed by atoms with van der Waals surface area (Å²) in [5, 5.41) is 13.8. The highest BCUT2D eigenvalue weighted by Gasteiger charge is 2.27. The lowest BCUT2D eigenvalue weighted by Gasteiger charge is -2.17. The van der Waals surface area contributed by atoms with Crippen LogP contribution in [0.4, 0.5) is 11.4 Å². The van der Waals surface area contributed by atoms with E-state index in [1.165, 1.54) is 36.4 Å². The van der Waals surface area contributed by atoms with Crippen LogP contribution in [0.25, 0.3) is 0 Å². The van der Waals surface area contributed by atoms with Gasteiger partial charge in [-0.05, 0) is 55.5 Å². The maximum absolute atomic E-state index is 13.2. The highest BCUT2D eigenvalue weighted by Crippen LogP contribution is 2.26. The first-order valence-corrected chi connectivity index (χ1v) is 11.3. The number of non-ortho nitro benzene ring substituents is 1. The van der Waals surface area contributed by atoms with Gasteiger partial charge < -0.3 is 10.1 Å². The predicted molar refractivity (Wildman–Crippen MR) is 138 cm³/mol. The number of nitro groups is 1. The Morgan fingerprint density at radius 3 is 1.95 bits per heavy atom. The molecular weight excluding hydrogens is 472 g/mol. The molecule has 0 spiro atoms. The molecule has 1 amide bonds. The first kappa shape index (κ1) is 25.0. The third kappa shape index (κ3) is 6.12. The summed E-state index contributed by atoms with van der Waals surface area (Å²) in [6, 6.07) is 26.8. The monoisotopic (exact) mass is 494 g/mol. The molecule has 4 aromatic rings. The average molecular weight is 495 g/mol. The van der Waals surface area contributed by atoms with Crippen molar-refractivity contribution >= 4 is 29.0 Å². The number of anilines is 1. The number of Topliss-reactive ketones (excluding diaryl/α,β-unsaturated/α-hetero) is 1. The summed E-state index contributed by atoms with van der Waals surface area (Å²) in [7, 11) is 0. The molecule has 1 N–H and O–H groups in total. The summed E-state index contributed by atoms with van der Waals surface area (Å²) in [6.07, 6.45) is -1.31. The van der Waals surface area contributed by atoms with Crippen LogP contribution in [0.5, 0.6) is 0 Å². The van der Waals surface area contributed by atoms with Gasteiger partial charge in [0.1, 0.15) is 0 Å². The van der Waals surface area contributed by atoms with Crippen LogP contribution in [0, 0.1) is 17.0 Å². The van der Waals surface area contributed by atoms with Crippen molar-refractivity contribution in [2.24, 2.45) is 0 Å². The molecule has 0 aromatic heterocycles. The number of rotatable bonds is 8. The maximum atomic E-state index is 13.2. The smallest absolute Gasteiger partial charge is 0.339 e. The van der Waals surface area contributed by atoms with Gasteiger partial charge in [0.15, 0.2) is 6.10 Å². The van der Waals surface area contributed by atoms with E-state index in [-0.39, 0.29) is 17.2 Å². The van der Waals surface area contributed by atoms with Crippen molar-refractivity contribution in [1.29, 1.82) is 0 Å². The molecule has 0 fully saturated rings. The molecule has 184 valence electrons. The second kappa shape index (κ2) is 11.1. The fourth-order valence-corrected chi connectivity index (χ4v) is 3.57. The Hall–Kier alpha value is -5.11. The minimum atomic E-state index is -1.31. The van der Waals surface area contributed by atoms with Gasteiger partial charge >= 0.3 is 5.97 Å². The number of carbonyl (C=O) groups excluding carboxylic acids is 3. The summed E-state index contributed by atoms with van der Waals surface area (Å²) >= 11 is 0. The van der Waals surface area contributed by atoms with Gasteiger partial charge in [0.25, 0.3) is 11.6 Å². The number of carbonyl (C=O) groups is 3. The van der Waals surface area contributed by atoms with E-state index < -0.39 is 22.8 Å². The van der Waals surface area contributed by atoms with Crippen LogP contribution in [-0.4, -0.2) is 22.6 Å². The Morgan fingerprint density at radius 2 is 1.35 bits per heavy atom. The molecule has 0 aliphatic carbocycles. The highest BCUT2D eigenvalue weighted by molar-refractivity contribution is 6.05. The van der Waals surface area contributed by atoms with Crippen molar-refractivity contribution in [1.82, 2.24) is 0 Å². The van der Waals surface area contributed by atoms with E-state index in [0.717, 1.165) is 5.56 Å². The van der Waals surface area contributed by atoms with Crippen LogP contribution >= 0.6 is 0 Å². The number of ketones is 1. The van der Waals surface area contributed by atoms with Gasteiger partial charge in [-0.1, -0.05) is 48.0 Å². The van der Waals surface area contributed by atoms with Gasteiger partial charge in [-0.25, -0.2) is 4.79 Å². The second-order valence-corrected chi connectivity index (χ2v) is 8.26. The van der Waals surface area contributed by atoms with Gasteiger partial charge in [-0.2, -0.15) is 0 Å². The number of aryl methyl sites for hydroxylation is 1. The predicted octanol–water partition coefficient (Wildman–Crippen LogP) is 5.94. The summed E-state index contributed by atoms with van der Waals surface area (Å²) in [4.78, 5) is 49.1. The highest BCUT2D eigenvalue weighted by atomic mass is 16.6. The number of hydrogen-bond donors (Lipinski definition) is 1. The third-order valence-electron chi connectivity index (χ3n) is 5.62. The van der Waals surface area contributed by atoms with Gasteiger partial charge in [-0.15, -0.1) is 0 Å². The van der Waals surface area contributed by atoms with Gasteiger partial charge in [-0.3, -0.25) is 19.7 Å². The number of benzene rings is 4. The SMILES string of the molecule is Cc1ccc(C(=O)Nc2ccc(C(=O)O[C@@H](C(=O)c3ccccc3)c3ccc([N+](=O)[O-])cc3)cc2)cc1. The van der Waals surface area contributed by atoms with Gasteiger partial charge in [0.05, 0.1) is 10.5 Å². The van der Waals surface area contributed by atoms with E-state index in [0.29, 0.717) is 22.4 Å². The lowest BCUT2D eigenvalue weighted by Crippen LogP contribution is -2.20. The van der Waals surface area contributed by atoms with Gasteiger partial charge in [0, 0.05) is 34.5 Å². The molecular formula is C29H22N2O6. The number of esters is 1. The fraction of sp³-hybridized carbons (Fsp3) is 0.0690. The molecule has 0 aliphatic rings. The van der Waals surface area contributed by atoms with Crippen LogP contribution in [0.3, 0.4) is 0 Å². The quantitative estimate of drug-likeness (QED) is 0.140. The molecule has 0 radical (unpaired) electrons. The van der Waals surface area contributed by atoms with Gasteiger partial charge in [0.2, 0.25) is 5.78 Å². The van der Waals surface area contributed by atoms with Crippen molar-refractivity contribution < 1.29 is 24.0 Å². The van der Waals surface area contributed by atoms with E-state index in [2.05, 4.69) is 5.32 Å². The van der Waals surface area contributed by atoms with Crippen molar-refractivity contribution in [3.63, 3.8) is 0 Å². The van der Waals surface area contributed by atoms with Crippen LogP contribution in [0.15, 0.2) is 103 Å². The standard InChI is InChI=1S/C29H22N2O6/c1-19-7-9-22(10-8-19)28(33)30-24-15-11-23(12-16-24)29(34)37-27(26(32)20-5-3-2-4-6-20)21-13-17-25(18-14-21)31(35)36/h2-18,27H,1H3,(H,30,33)/t27-/m1/s1. The molecule has 0 heterocycles. The Bertz CT molecular complexity index is 1430. The second-order valence-electron chi connectivity index (χ2n) is 8.26. The number of amides is 1. The van der Waals surface area contributed by atoms with Crippen LogP contribution < -0.4 is 5.32 Å². The zero-order valence-electron chi connectivity index (χ0n) is 19.8. The summed E-state index contributed by atoms with van der Waals surface area (Å²) in [5.41, 5.74) is 2.67. The number of nitrogens with one attached hydrogen (secondary N) is 1. The third-order valence-corrected chi connectivity index (χ3v) is 5.62. The molecule has 0 saturated heterocycles. The molecule has 0 unspecified atom stereocenters. The molecule has 8 nitrogen and oxygen atoms in total. The molecule has 4 aromatic carbocycles. The largest absolute Gasteiger partial charge is 0.445 e. The topological polar surface area (TPSA) is 116 Å². The molecule has 0 bridgehead atoms. The Morgan fingerprint density at radius 1 is 0.757 bits per heavy atom. The first-order valence-electron chi connectivity index (χ1n) is 11.3. The lowest BCUT2D eigenvalue weighted by molar-refractivity contribution is -0.384. The first-order chi connectivity index (χ1) is 17.8. The summed E-state index contributed by atoms with van der Waals surface area (Å²) in [5.74, 6) is -1.52. The summed E-state index contributed by atoms with van der Waals surface area (Å²) < 4.78 is 5.59. The van der Waals surface area contributed by atoms with Crippen LogP contribution in [-0.2, 0) is 4.74 Å². The number of nitro benzene ring substituents is 1. The van der Waals surface area contributed by atoms with Crippen LogP contribution in [0.1, 0.15) is 48.3 Å². The molecule has 0 aliphatic heterocycles. The molecule has 37 heavy (non-hydrogen) atoms.